The molecule has 2 aromatic carbocycles. The number of hydrogen-bond donors (Lipinski definition) is 2. The van der Waals surface area contributed by atoms with Crippen LogP contribution in [0.5, 0.6) is 5.75 Å². The highest BCUT2D eigenvalue weighted by Crippen LogP contribution is 2.29. The molecule has 1 atom stereocenters. The van der Waals surface area contributed by atoms with E-state index in [1.54, 1.807) is 0 Å². The molecule has 0 radical (unpaired) electrons. The minimum absolute atomic E-state index is 0.178. The van der Waals surface area contributed by atoms with Gasteiger partial charge in [-0.15, -0.1) is 0 Å². The first-order valence-electron chi connectivity index (χ1n) is 6.57. The van der Waals surface area contributed by atoms with Gasteiger partial charge in [-0.25, -0.2) is 0 Å². The molecule has 0 fully saturated rings. The second-order valence-corrected chi connectivity index (χ2v) is 4.97. The molecular weight excluding hydrogens is 236 g/mol. The Bertz CT molecular complexity index is 570. The smallest absolute Gasteiger partial charge is 0.123 e. The first-order chi connectivity index (χ1) is 9.24. The van der Waals surface area contributed by atoms with E-state index in [0.717, 1.165) is 35.7 Å². The summed E-state index contributed by atoms with van der Waals surface area (Å²) in [6.45, 7) is 2.78. The Balaban J connectivity index is 1.64. The van der Waals surface area contributed by atoms with Crippen molar-refractivity contribution in [2.75, 3.05) is 17.6 Å². The summed E-state index contributed by atoms with van der Waals surface area (Å²) in [6, 6.07) is 14.2. The maximum absolute atomic E-state index is 6.05. The van der Waals surface area contributed by atoms with Gasteiger partial charge in [0, 0.05) is 6.42 Å². The number of benzene rings is 2. The molecule has 1 aliphatic heterocycles. The van der Waals surface area contributed by atoms with Crippen LogP contribution in [0.15, 0.2) is 42.5 Å². The number of hydrogen-bond acceptors (Lipinski definition) is 3. The molecule has 2 aromatic rings. The number of fused-ring (bicyclic) bond motifs is 1. The van der Waals surface area contributed by atoms with Gasteiger partial charge < -0.3 is 15.8 Å². The predicted octanol–water partition coefficient (Wildman–Crippen LogP) is 2.99. The molecular formula is C16H18N2O. The highest BCUT2D eigenvalue weighted by molar-refractivity contribution is 5.69. The van der Waals surface area contributed by atoms with Crippen molar-refractivity contribution in [3.05, 3.63) is 53.6 Å². The molecule has 0 aromatic heterocycles. The van der Waals surface area contributed by atoms with E-state index >= 15 is 0 Å². The molecule has 0 amide bonds. The summed E-state index contributed by atoms with van der Waals surface area (Å²) >= 11 is 0. The van der Waals surface area contributed by atoms with Crippen LogP contribution in [0, 0.1) is 6.92 Å². The second-order valence-electron chi connectivity index (χ2n) is 4.97. The fourth-order valence-electron chi connectivity index (χ4n) is 2.43. The average molecular weight is 254 g/mol. The van der Waals surface area contributed by atoms with Crippen LogP contribution in [0.3, 0.4) is 0 Å². The minimum atomic E-state index is 0.178. The summed E-state index contributed by atoms with van der Waals surface area (Å²) in [4.78, 5) is 0. The van der Waals surface area contributed by atoms with Crippen molar-refractivity contribution >= 4 is 11.4 Å². The van der Waals surface area contributed by atoms with E-state index in [9.17, 15) is 0 Å². The topological polar surface area (TPSA) is 47.3 Å². The number of nitrogen functional groups attached to an aromatic ring is 1. The Morgan fingerprint density at radius 1 is 1.21 bits per heavy atom. The summed E-state index contributed by atoms with van der Waals surface area (Å²) in [7, 11) is 0. The van der Waals surface area contributed by atoms with Gasteiger partial charge in [0.15, 0.2) is 0 Å². The molecule has 0 saturated carbocycles. The lowest BCUT2D eigenvalue weighted by atomic mass is 10.1. The molecule has 1 aliphatic rings. The zero-order valence-electron chi connectivity index (χ0n) is 11.0. The van der Waals surface area contributed by atoms with Gasteiger partial charge in [0.05, 0.1) is 17.9 Å². The van der Waals surface area contributed by atoms with Gasteiger partial charge in [0.2, 0.25) is 0 Å². The maximum Gasteiger partial charge on any atom is 0.123 e. The molecule has 19 heavy (non-hydrogen) atoms. The average Bonchev–Trinajstić information content (AvgIpc) is 2.83. The van der Waals surface area contributed by atoms with Gasteiger partial charge in [0.1, 0.15) is 11.9 Å². The molecule has 0 bridgehead atoms. The highest BCUT2D eigenvalue weighted by atomic mass is 16.5. The Labute approximate surface area is 113 Å². The monoisotopic (exact) mass is 254 g/mol. The van der Waals surface area contributed by atoms with Crippen LogP contribution >= 0.6 is 0 Å². The number of rotatable bonds is 3. The van der Waals surface area contributed by atoms with E-state index < -0.39 is 0 Å². The highest BCUT2D eigenvalue weighted by Gasteiger charge is 2.22. The van der Waals surface area contributed by atoms with E-state index in [4.69, 9.17) is 10.5 Å². The standard InChI is InChI=1S/C16H18N2O/c1-11-5-4-7-14(16(11)17)18-10-13-9-12-6-2-3-8-15(12)19-13/h2-8,13,18H,9-10,17H2,1H3. The van der Waals surface area contributed by atoms with Crippen molar-refractivity contribution < 1.29 is 4.74 Å². The van der Waals surface area contributed by atoms with Crippen molar-refractivity contribution in [1.29, 1.82) is 0 Å². The number of anilines is 2. The number of aryl methyl sites for hydroxylation is 1. The third-order valence-corrected chi connectivity index (χ3v) is 3.56. The van der Waals surface area contributed by atoms with Crippen molar-refractivity contribution in [2.24, 2.45) is 0 Å². The number of nitrogens with one attached hydrogen (secondary N) is 1. The lowest BCUT2D eigenvalue weighted by Crippen LogP contribution is -2.24. The summed E-state index contributed by atoms with van der Waals surface area (Å²) in [5.74, 6) is 1.01. The second kappa shape index (κ2) is 4.84. The van der Waals surface area contributed by atoms with Gasteiger partial charge >= 0.3 is 0 Å². The fraction of sp³-hybridized carbons (Fsp3) is 0.250. The maximum atomic E-state index is 6.05. The molecule has 0 saturated heterocycles. The summed E-state index contributed by atoms with van der Waals surface area (Å²) in [6.07, 6.45) is 1.13. The van der Waals surface area contributed by atoms with Gasteiger partial charge in [-0.05, 0) is 30.2 Å². The SMILES string of the molecule is Cc1cccc(NCC2Cc3ccccc3O2)c1N. The van der Waals surface area contributed by atoms with Crippen LogP contribution in [-0.2, 0) is 6.42 Å². The molecule has 98 valence electrons. The zero-order chi connectivity index (χ0) is 13.2. The minimum Gasteiger partial charge on any atom is -0.488 e. The van der Waals surface area contributed by atoms with Crippen LogP contribution in [0.2, 0.25) is 0 Å². The molecule has 1 heterocycles. The van der Waals surface area contributed by atoms with Gasteiger partial charge in [-0.1, -0.05) is 30.3 Å². The number of ether oxygens (including phenoxy) is 1. The molecule has 3 rings (SSSR count). The molecule has 3 N–H and O–H groups in total. The van der Waals surface area contributed by atoms with Crippen LogP contribution in [0.4, 0.5) is 11.4 Å². The fourth-order valence-corrected chi connectivity index (χ4v) is 2.43. The summed E-state index contributed by atoms with van der Waals surface area (Å²) in [5.41, 5.74) is 10.2. The van der Waals surface area contributed by atoms with Crippen LogP contribution in [-0.4, -0.2) is 12.6 Å². The first kappa shape index (κ1) is 11.9. The van der Waals surface area contributed by atoms with Crippen LogP contribution < -0.4 is 15.8 Å². The van der Waals surface area contributed by atoms with Crippen LogP contribution in [0.25, 0.3) is 0 Å². The van der Waals surface area contributed by atoms with E-state index in [-0.39, 0.29) is 6.10 Å². The van der Waals surface area contributed by atoms with Gasteiger partial charge in [-0.3, -0.25) is 0 Å². The molecule has 3 heteroatoms. The Morgan fingerprint density at radius 2 is 2.05 bits per heavy atom. The normalized spacial score (nSPS) is 16.8. The van der Waals surface area contributed by atoms with E-state index in [1.165, 1.54) is 5.56 Å². The van der Waals surface area contributed by atoms with E-state index in [1.807, 2.05) is 37.3 Å². The number of para-hydroxylation sites is 2. The third kappa shape index (κ3) is 2.36. The Kier molecular flexibility index (Phi) is 3.03. The van der Waals surface area contributed by atoms with Crippen molar-refractivity contribution in [2.45, 2.75) is 19.4 Å². The summed E-state index contributed by atoms with van der Waals surface area (Å²) < 4.78 is 5.90. The van der Waals surface area contributed by atoms with Gasteiger partial charge in [-0.2, -0.15) is 0 Å². The molecule has 0 spiro atoms. The van der Waals surface area contributed by atoms with Gasteiger partial charge in [0.25, 0.3) is 0 Å². The van der Waals surface area contributed by atoms with E-state index in [2.05, 4.69) is 17.4 Å². The lowest BCUT2D eigenvalue weighted by molar-refractivity contribution is 0.246. The van der Waals surface area contributed by atoms with Crippen molar-refractivity contribution in [3.63, 3.8) is 0 Å². The quantitative estimate of drug-likeness (QED) is 0.828. The van der Waals surface area contributed by atoms with E-state index in [0.29, 0.717) is 0 Å². The zero-order valence-corrected chi connectivity index (χ0v) is 11.0. The molecule has 1 unspecified atom stereocenters. The predicted molar refractivity (Wildman–Crippen MR) is 78.6 cm³/mol. The third-order valence-electron chi connectivity index (χ3n) is 3.56. The van der Waals surface area contributed by atoms with Crippen molar-refractivity contribution in [3.8, 4) is 5.75 Å². The first-order valence-corrected chi connectivity index (χ1v) is 6.57. The molecule has 0 aliphatic carbocycles. The van der Waals surface area contributed by atoms with Crippen LogP contribution in [0.1, 0.15) is 11.1 Å². The Hall–Kier alpha value is -2.16. The Morgan fingerprint density at radius 3 is 2.89 bits per heavy atom. The lowest BCUT2D eigenvalue weighted by Gasteiger charge is -2.15. The summed E-state index contributed by atoms with van der Waals surface area (Å²) in [5, 5.41) is 3.38. The number of nitrogens with two attached hydrogens (primary N) is 1. The van der Waals surface area contributed by atoms with Crippen molar-refractivity contribution in [1.82, 2.24) is 0 Å². The molecule has 3 nitrogen and oxygen atoms in total. The largest absolute Gasteiger partial charge is 0.488 e.